The summed E-state index contributed by atoms with van der Waals surface area (Å²) in [7, 11) is 0. The first-order valence-corrected chi connectivity index (χ1v) is 12.7. The summed E-state index contributed by atoms with van der Waals surface area (Å²) in [5.41, 5.74) is 0.635. The van der Waals surface area contributed by atoms with Crippen molar-refractivity contribution in [2.75, 3.05) is 0 Å². The molecule has 0 saturated heterocycles. The Morgan fingerprint density at radius 1 is 1.12 bits per heavy atom. The average molecular weight is 471 g/mol. The number of ether oxygens (including phenoxy) is 2. The summed E-state index contributed by atoms with van der Waals surface area (Å²) in [6.07, 6.45) is 7.93. The van der Waals surface area contributed by atoms with E-state index in [4.69, 9.17) is 13.9 Å². The van der Waals surface area contributed by atoms with Crippen molar-refractivity contribution >= 4 is 11.9 Å². The lowest BCUT2D eigenvalue weighted by molar-refractivity contribution is -0.226. The Bertz CT molecular complexity index is 1020. The molecule has 7 unspecified atom stereocenters. The van der Waals surface area contributed by atoms with Crippen LogP contribution in [0, 0.1) is 33.5 Å². The molecule has 0 spiro atoms. The van der Waals surface area contributed by atoms with Crippen LogP contribution in [0.3, 0.4) is 0 Å². The van der Waals surface area contributed by atoms with Gasteiger partial charge in [-0.25, -0.2) is 4.79 Å². The molecule has 1 aromatic heterocycles. The van der Waals surface area contributed by atoms with Gasteiger partial charge in [-0.1, -0.05) is 34.6 Å². The highest BCUT2D eigenvalue weighted by atomic mass is 16.6. The SMILES string of the molecule is CC(=O)OC1CC2C(C)(C)C(O)CCC2(C)C2CC[C@]3(C)C(=CC(=O)OC3c3ccoc3)C12C. The van der Waals surface area contributed by atoms with Gasteiger partial charge in [-0.2, -0.15) is 0 Å². The van der Waals surface area contributed by atoms with Gasteiger partial charge >= 0.3 is 11.9 Å². The highest BCUT2D eigenvalue weighted by Crippen LogP contribution is 2.73. The van der Waals surface area contributed by atoms with Gasteiger partial charge in [0.1, 0.15) is 12.2 Å². The second-order valence-corrected chi connectivity index (χ2v) is 12.5. The molecule has 34 heavy (non-hydrogen) atoms. The van der Waals surface area contributed by atoms with Crippen molar-refractivity contribution in [1.29, 1.82) is 0 Å². The van der Waals surface area contributed by atoms with Gasteiger partial charge < -0.3 is 19.0 Å². The minimum absolute atomic E-state index is 0.0389. The molecule has 5 rings (SSSR count). The maximum absolute atomic E-state index is 12.9. The quantitative estimate of drug-likeness (QED) is 0.585. The van der Waals surface area contributed by atoms with Gasteiger partial charge in [-0.3, -0.25) is 4.79 Å². The lowest BCUT2D eigenvalue weighted by Crippen LogP contribution is -2.66. The zero-order valence-electron chi connectivity index (χ0n) is 21.2. The van der Waals surface area contributed by atoms with E-state index in [1.54, 1.807) is 18.6 Å². The Morgan fingerprint density at radius 2 is 1.85 bits per heavy atom. The van der Waals surface area contributed by atoms with Crippen LogP contribution in [-0.4, -0.2) is 29.3 Å². The van der Waals surface area contributed by atoms with Crippen LogP contribution in [0.4, 0.5) is 0 Å². The van der Waals surface area contributed by atoms with Crippen molar-refractivity contribution in [2.24, 2.45) is 33.5 Å². The topological polar surface area (TPSA) is 86.0 Å². The first-order chi connectivity index (χ1) is 15.8. The van der Waals surface area contributed by atoms with E-state index in [9.17, 15) is 14.7 Å². The smallest absolute Gasteiger partial charge is 0.331 e. The zero-order valence-corrected chi connectivity index (χ0v) is 21.2. The fraction of sp³-hybridized carbons (Fsp3) is 0.714. The Hall–Kier alpha value is -2.08. The second-order valence-electron chi connectivity index (χ2n) is 12.5. The largest absolute Gasteiger partial charge is 0.472 e. The molecule has 1 aromatic rings. The maximum Gasteiger partial charge on any atom is 0.331 e. The van der Waals surface area contributed by atoms with Crippen LogP contribution in [0.15, 0.2) is 34.7 Å². The van der Waals surface area contributed by atoms with E-state index < -0.39 is 16.9 Å². The van der Waals surface area contributed by atoms with Gasteiger partial charge in [0.05, 0.1) is 18.6 Å². The molecule has 186 valence electrons. The van der Waals surface area contributed by atoms with Crippen molar-refractivity contribution in [3.8, 4) is 0 Å². The molecular weight excluding hydrogens is 432 g/mol. The third kappa shape index (κ3) is 3.03. The molecule has 0 aromatic carbocycles. The first kappa shape index (κ1) is 23.7. The van der Waals surface area contributed by atoms with E-state index in [1.165, 1.54) is 6.92 Å². The third-order valence-electron chi connectivity index (χ3n) is 10.5. The predicted octanol–water partition coefficient (Wildman–Crippen LogP) is 5.37. The van der Waals surface area contributed by atoms with E-state index in [-0.39, 0.29) is 46.8 Å². The maximum atomic E-state index is 12.9. The summed E-state index contributed by atoms with van der Waals surface area (Å²) in [5.74, 6) is -0.240. The van der Waals surface area contributed by atoms with Gasteiger partial charge in [-0.15, -0.1) is 0 Å². The number of aliphatic hydroxyl groups excluding tert-OH is 1. The van der Waals surface area contributed by atoms with Gasteiger partial charge in [0.25, 0.3) is 0 Å². The van der Waals surface area contributed by atoms with Crippen LogP contribution in [0.25, 0.3) is 0 Å². The van der Waals surface area contributed by atoms with Crippen molar-refractivity contribution in [3.63, 3.8) is 0 Å². The van der Waals surface area contributed by atoms with Gasteiger partial charge in [0, 0.05) is 29.4 Å². The zero-order chi connectivity index (χ0) is 24.7. The molecule has 1 N–H and O–H groups in total. The highest BCUT2D eigenvalue weighted by Gasteiger charge is 2.69. The summed E-state index contributed by atoms with van der Waals surface area (Å²) in [6, 6.07) is 1.87. The number of furan rings is 1. The molecule has 6 nitrogen and oxygen atoms in total. The van der Waals surface area contributed by atoms with Gasteiger partial charge in [-0.05, 0) is 66.4 Å². The molecule has 3 fully saturated rings. The molecule has 3 saturated carbocycles. The second kappa shape index (κ2) is 7.46. The number of hydrogen-bond acceptors (Lipinski definition) is 6. The average Bonchev–Trinajstić information content (AvgIpc) is 3.28. The number of hydrogen-bond donors (Lipinski definition) is 1. The Kier molecular flexibility index (Phi) is 5.19. The molecule has 2 heterocycles. The van der Waals surface area contributed by atoms with Crippen molar-refractivity contribution in [1.82, 2.24) is 0 Å². The number of carbonyl (C=O) groups is 2. The number of carbonyl (C=O) groups excluding carboxylic acids is 2. The summed E-state index contributed by atoms with van der Waals surface area (Å²) >= 11 is 0. The van der Waals surface area contributed by atoms with Crippen LogP contribution < -0.4 is 0 Å². The molecule has 4 aliphatic rings. The Balaban J connectivity index is 1.67. The van der Waals surface area contributed by atoms with Gasteiger partial charge in [0.15, 0.2) is 0 Å². The van der Waals surface area contributed by atoms with Crippen molar-refractivity contribution in [3.05, 3.63) is 35.8 Å². The number of aliphatic hydroxyl groups is 1. The van der Waals surface area contributed by atoms with E-state index in [0.29, 0.717) is 6.42 Å². The summed E-state index contributed by atoms with van der Waals surface area (Å²) in [5, 5.41) is 10.9. The highest BCUT2D eigenvalue weighted by molar-refractivity contribution is 5.85. The normalized spacial score (nSPS) is 45.2. The van der Waals surface area contributed by atoms with Crippen molar-refractivity contribution in [2.45, 2.75) is 92.0 Å². The first-order valence-electron chi connectivity index (χ1n) is 12.7. The van der Waals surface area contributed by atoms with Crippen LogP contribution in [0.2, 0.25) is 0 Å². The molecule has 0 radical (unpaired) electrons. The third-order valence-corrected chi connectivity index (χ3v) is 10.5. The van der Waals surface area contributed by atoms with E-state index in [1.807, 2.05) is 6.07 Å². The van der Waals surface area contributed by atoms with Crippen LogP contribution in [0.1, 0.15) is 85.3 Å². The minimum Gasteiger partial charge on any atom is -0.472 e. The number of esters is 2. The number of fused-ring (bicyclic) bond motifs is 5. The van der Waals surface area contributed by atoms with Crippen LogP contribution in [0.5, 0.6) is 0 Å². The summed E-state index contributed by atoms with van der Waals surface area (Å²) < 4.78 is 17.4. The molecular formula is C28H38O6. The Labute approximate surface area is 202 Å². The van der Waals surface area contributed by atoms with Crippen LogP contribution in [-0.2, 0) is 19.1 Å². The molecule has 0 bridgehead atoms. The van der Waals surface area contributed by atoms with Gasteiger partial charge in [0.2, 0.25) is 0 Å². The van der Waals surface area contributed by atoms with Crippen LogP contribution >= 0.6 is 0 Å². The fourth-order valence-electron chi connectivity index (χ4n) is 8.84. The lowest BCUT2D eigenvalue weighted by Gasteiger charge is -2.69. The predicted molar refractivity (Wildman–Crippen MR) is 125 cm³/mol. The standard InChI is InChI=1S/C28H38O6/c1-16(29)33-22-13-19-25(2,3)21(30)8-11-26(19,4)18-7-10-27(5)20(28(18,22)6)14-23(31)34-24(27)17-9-12-32-15-17/h9,12,14-15,18-19,21-22,24,30H,7-8,10-11,13H2,1-6H3/t18?,19?,21?,22?,24?,26?,27-,28?/m1/s1. The number of cyclic esters (lactones) is 1. The molecule has 8 atom stereocenters. The van der Waals surface area contributed by atoms with E-state index in [0.717, 1.165) is 36.8 Å². The molecule has 0 amide bonds. The minimum atomic E-state index is -0.510. The lowest BCUT2D eigenvalue weighted by atomic mass is 9.36. The molecule has 6 heteroatoms. The number of rotatable bonds is 2. The summed E-state index contributed by atoms with van der Waals surface area (Å²) in [4.78, 5) is 25.3. The fourth-order valence-corrected chi connectivity index (χ4v) is 8.84. The molecule has 1 aliphatic heterocycles. The van der Waals surface area contributed by atoms with E-state index >= 15 is 0 Å². The van der Waals surface area contributed by atoms with E-state index in [2.05, 4.69) is 34.6 Å². The van der Waals surface area contributed by atoms with Crippen molar-refractivity contribution < 1.29 is 28.6 Å². The molecule has 3 aliphatic carbocycles. The summed E-state index contributed by atoms with van der Waals surface area (Å²) in [6.45, 7) is 12.5. The monoisotopic (exact) mass is 470 g/mol. The Morgan fingerprint density at radius 3 is 2.50 bits per heavy atom.